The minimum absolute atomic E-state index is 0.475. The van der Waals surface area contributed by atoms with Gasteiger partial charge in [0.05, 0.1) is 12.7 Å². The Balaban J connectivity index is 2.36. The maximum Gasteiger partial charge on any atom is 0.136 e. The molecule has 1 aromatic heterocycles. The minimum Gasteiger partial charge on any atom is -0.496 e. The van der Waals surface area contributed by atoms with Gasteiger partial charge >= 0.3 is 0 Å². The summed E-state index contributed by atoms with van der Waals surface area (Å²) >= 11 is 0. The van der Waals surface area contributed by atoms with Crippen LogP contribution in [0.2, 0.25) is 0 Å². The van der Waals surface area contributed by atoms with Gasteiger partial charge in [0.2, 0.25) is 0 Å². The number of aromatic nitrogens is 1. The lowest BCUT2D eigenvalue weighted by atomic mass is 10.2. The quantitative estimate of drug-likeness (QED) is 0.807. The largest absolute Gasteiger partial charge is 0.496 e. The van der Waals surface area contributed by atoms with Gasteiger partial charge < -0.3 is 15.4 Å². The number of pyridine rings is 1. The van der Waals surface area contributed by atoms with E-state index in [9.17, 15) is 0 Å². The highest BCUT2D eigenvalue weighted by atomic mass is 16.5. The molecular formula is C11H17N3O. The summed E-state index contributed by atoms with van der Waals surface area (Å²) in [6.07, 6.45) is 4.26. The van der Waals surface area contributed by atoms with E-state index in [0.29, 0.717) is 6.54 Å². The summed E-state index contributed by atoms with van der Waals surface area (Å²) in [5, 5.41) is 0. The summed E-state index contributed by atoms with van der Waals surface area (Å²) in [4.78, 5) is 6.69. The normalized spacial score (nSPS) is 15.7. The van der Waals surface area contributed by atoms with Crippen LogP contribution < -0.4 is 15.4 Å². The Kier molecular flexibility index (Phi) is 3.06. The molecule has 1 aromatic rings. The number of hydrogen-bond acceptors (Lipinski definition) is 4. The van der Waals surface area contributed by atoms with Crippen LogP contribution in [-0.2, 0) is 6.54 Å². The van der Waals surface area contributed by atoms with Crippen molar-refractivity contribution in [3.05, 3.63) is 17.8 Å². The molecule has 0 aromatic carbocycles. The number of ether oxygens (including phenoxy) is 1. The lowest BCUT2D eigenvalue weighted by Crippen LogP contribution is -2.21. The van der Waals surface area contributed by atoms with Crippen molar-refractivity contribution in [3.63, 3.8) is 0 Å². The molecule has 4 nitrogen and oxygen atoms in total. The number of hydrogen-bond donors (Lipinski definition) is 1. The molecule has 0 unspecified atom stereocenters. The fourth-order valence-electron chi connectivity index (χ4n) is 2.05. The summed E-state index contributed by atoms with van der Waals surface area (Å²) in [6, 6.07) is 1.86. The van der Waals surface area contributed by atoms with E-state index in [0.717, 1.165) is 30.2 Å². The van der Waals surface area contributed by atoms with Gasteiger partial charge in [-0.25, -0.2) is 4.98 Å². The van der Waals surface area contributed by atoms with Gasteiger partial charge in [-0.1, -0.05) is 0 Å². The molecule has 0 atom stereocenters. The van der Waals surface area contributed by atoms with Crippen molar-refractivity contribution < 1.29 is 4.74 Å². The molecule has 1 aliphatic heterocycles. The first-order chi connectivity index (χ1) is 7.36. The molecule has 2 rings (SSSR count). The number of anilines is 1. The van der Waals surface area contributed by atoms with E-state index in [4.69, 9.17) is 10.5 Å². The summed E-state index contributed by atoms with van der Waals surface area (Å²) < 4.78 is 5.29. The molecule has 0 amide bonds. The molecule has 2 N–H and O–H groups in total. The lowest BCUT2D eigenvalue weighted by molar-refractivity contribution is 0.409. The fourth-order valence-corrected chi connectivity index (χ4v) is 2.05. The van der Waals surface area contributed by atoms with Crippen LogP contribution in [0.3, 0.4) is 0 Å². The topological polar surface area (TPSA) is 51.4 Å². The van der Waals surface area contributed by atoms with Crippen molar-refractivity contribution in [2.75, 3.05) is 25.1 Å². The van der Waals surface area contributed by atoms with Crippen LogP contribution in [0.5, 0.6) is 5.75 Å². The van der Waals surface area contributed by atoms with Gasteiger partial charge in [0.25, 0.3) is 0 Å². The third-order valence-electron chi connectivity index (χ3n) is 2.82. The van der Waals surface area contributed by atoms with Crippen molar-refractivity contribution >= 4 is 5.82 Å². The first kappa shape index (κ1) is 10.2. The molecule has 2 heterocycles. The Labute approximate surface area is 90.0 Å². The molecular weight excluding hydrogens is 190 g/mol. The van der Waals surface area contributed by atoms with Crippen LogP contribution in [0, 0.1) is 0 Å². The highest BCUT2D eigenvalue weighted by Gasteiger charge is 2.18. The number of nitrogens with two attached hydrogens (primary N) is 1. The Bertz CT molecular complexity index is 335. The van der Waals surface area contributed by atoms with Crippen molar-refractivity contribution in [2.45, 2.75) is 19.4 Å². The van der Waals surface area contributed by atoms with Crippen LogP contribution in [0.1, 0.15) is 18.4 Å². The molecule has 0 radical (unpaired) electrons. The standard InChI is InChI=1S/C11H17N3O/c1-15-10-4-5-13-11(9(10)8-12)14-6-2-3-7-14/h4-5H,2-3,6-8,12H2,1H3. The van der Waals surface area contributed by atoms with Gasteiger partial charge in [0.15, 0.2) is 0 Å². The Morgan fingerprint density at radius 3 is 2.80 bits per heavy atom. The van der Waals surface area contributed by atoms with E-state index in [-0.39, 0.29) is 0 Å². The second-order valence-corrected chi connectivity index (χ2v) is 3.71. The molecule has 1 saturated heterocycles. The van der Waals surface area contributed by atoms with Crippen molar-refractivity contribution in [2.24, 2.45) is 5.73 Å². The maximum atomic E-state index is 5.75. The van der Waals surface area contributed by atoms with Crippen molar-refractivity contribution in [1.29, 1.82) is 0 Å². The molecule has 0 spiro atoms. The van der Waals surface area contributed by atoms with Gasteiger partial charge in [0.1, 0.15) is 11.6 Å². The molecule has 1 aliphatic rings. The number of methoxy groups -OCH3 is 1. The van der Waals surface area contributed by atoms with Crippen molar-refractivity contribution in [3.8, 4) is 5.75 Å². The molecule has 15 heavy (non-hydrogen) atoms. The zero-order valence-corrected chi connectivity index (χ0v) is 9.07. The monoisotopic (exact) mass is 207 g/mol. The second-order valence-electron chi connectivity index (χ2n) is 3.71. The maximum absolute atomic E-state index is 5.75. The average molecular weight is 207 g/mol. The lowest BCUT2D eigenvalue weighted by Gasteiger charge is -2.20. The summed E-state index contributed by atoms with van der Waals surface area (Å²) in [7, 11) is 1.67. The third-order valence-corrected chi connectivity index (χ3v) is 2.82. The SMILES string of the molecule is COc1ccnc(N2CCCC2)c1CN. The smallest absolute Gasteiger partial charge is 0.136 e. The zero-order valence-electron chi connectivity index (χ0n) is 9.07. The highest BCUT2D eigenvalue weighted by Crippen LogP contribution is 2.28. The molecule has 0 aliphatic carbocycles. The van der Waals surface area contributed by atoms with E-state index in [1.165, 1.54) is 12.8 Å². The second kappa shape index (κ2) is 4.49. The molecule has 4 heteroatoms. The average Bonchev–Trinajstić information content (AvgIpc) is 2.81. The fraction of sp³-hybridized carbons (Fsp3) is 0.545. The zero-order chi connectivity index (χ0) is 10.7. The molecule has 0 saturated carbocycles. The van der Waals surface area contributed by atoms with Gasteiger partial charge in [-0.15, -0.1) is 0 Å². The van der Waals surface area contributed by atoms with E-state index in [2.05, 4.69) is 9.88 Å². The molecule has 1 fully saturated rings. The van der Waals surface area contributed by atoms with Crippen LogP contribution in [0.25, 0.3) is 0 Å². The Morgan fingerprint density at radius 2 is 2.20 bits per heavy atom. The van der Waals surface area contributed by atoms with Crippen LogP contribution in [0.4, 0.5) is 5.82 Å². The van der Waals surface area contributed by atoms with Crippen LogP contribution in [-0.4, -0.2) is 25.2 Å². The van der Waals surface area contributed by atoms with E-state index >= 15 is 0 Å². The van der Waals surface area contributed by atoms with Gasteiger partial charge in [-0.2, -0.15) is 0 Å². The minimum atomic E-state index is 0.475. The summed E-state index contributed by atoms with van der Waals surface area (Å²) in [5.41, 5.74) is 6.76. The first-order valence-corrected chi connectivity index (χ1v) is 5.33. The van der Waals surface area contributed by atoms with Crippen molar-refractivity contribution in [1.82, 2.24) is 4.98 Å². The predicted octanol–water partition coefficient (Wildman–Crippen LogP) is 1.15. The summed E-state index contributed by atoms with van der Waals surface area (Å²) in [5.74, 6) is 1.84. The van der Waals surface area contributed by atoms with E-state index in [1.807, 2.05) is 6.07 Å². The number of nitrogens with zero attached hydrogens (tertiary/aromatic N) is 2. The van der Waals surface area contributed by atoms with Gasteiger partial charge in [0, 0.05) is 25.8 Å². The van der Waals surface area contributed by atoms with Crippen LogP contribution >= 0.6 is 0 Å². The Hall–Kier alpha value is -1.29. The number of rotatable bonds is 3. The van der Waals surface area contributed by atoms with E-state index < -0.39 is 0 Å². The van der Waals surface area contributed by atoms with Gasteiger partial charge in [-0.05, 0) is 18.9 Å². The Morgan fingerprint density at radius 1 is 1.47 bits per heavy atom. The van der Waals surface area contributed by atoms with Gasteiger partial charge in [-0.3, -0.25) is 0 Å². The van der Waals surface area contributed by atoms with Crippen LogP contribution in [0.15, 0.2) is 12.3 Å². The highest BCUT2D eigenvalue weighted by molar-refractivity contribution is 5.54. The molecule has 0 bridgehead atoms. The molecule has 82 valence electrons. The first-order valence-electron chi connectivity index (χ1n) is 5.33. The summed E-state index contributed by atoms with van der Waals surface area (Å²) in [6.45, 7) is 2.63. The van der Waals surface area contributed by atoms with E-state index in [1.54, 1.807) is 13.3 Å². The third kappa shape index (κ3) is 1.90. The predicted molar refractivity (Wildman–Crippen MR) is 60.1 cm³/mol.